The van der Waals surface area contributed by atoms with Crippen LogP contribution in [0.5, 0.6) is 11.5 Å². The Bertz CT molecular complexity index is 463. The molecule has 0 saturated heterocycles. The Morgan fingerprint density at radius 2 is 1.90 bits per heavy atom. The molecule has 112 valence electrons. The standard InChI is InChI=1S/C16H25NO3/c1-11(17-15(18)10-16(2,3)4)13-9-12(19-5)7-8-14(13)20-6/h7-9,11H,10H2,1-6H3,(H,17,18). The van der Waals surface area contributed by atoms with Crippen molar-refractivity contribution < 1.29 is 14.3 Å². The minimum Gasteiger partial charge on any atom is -0.497 e. The fraction of sp³-hybridized carbons (Fsp3) is 0.562. The van der Waals surface area contributed by atoms with Crippen LogP contribution in [0.2, 0.25) is 0 Å². The van der Waals surface area contributed by atoms with Crippen LogP contribution in [0.1, 0.15) is 45.7 Å². The highest BCUT2D eigenvalue weighted by atomic mass is 16.5. The van der Waals surface area contributed by atoms with Gasteiger partial charge in [-0.2, -0.15) is 0 Å². The third-order valence-corrected chi connectivity index (χ3v) is 2.97. The summed E-state index contributed by atoms with van der Waals surface area (Å²) in [4.78, 5) is 12.0. The Kier molecular flexibility index (Phi) is 5.43. The first kappa shape index (κ1) is 16.3. The predicted molar refractivity (Wildman–Crippen MR) is 80.2 cm³/mol. The molecule has 1 amide bonds. The summed E-state index contributed by atoms with van der Waals surface area (Å²) in [5.74, 6) is 1.53. The molecule has 0 aliphatic rings. The van der Waals surface area contributed by atoms with Crippen LogP contribution in [0.15, 0.2) is 18.2 Å². The van der Waals surface area contributed by atoms with Gasteiger partial charge in [0.2, 0.25) is 5.91 Å². The molecule has 0 saturated carbocycles. The van der Waals surface area contributed by atoms with Crippen LogP contribution in [0.4, 0.5) is 0 Å². The molecule has 0 radical (unpaired) electrons. The average molecular weight is 279 g/mol. The van der Waals surface area contributed by atoms with Crippen LogP contribution in [0.25, 0.3) is 0 Å². The van der Waals surface area contributed by atoms with Gasteiger partial charge in [-0.25, -0.2) is 0 Å². The molecule has 1 aromatic rings. The largest absolute Gasteiger partial charge is 0.497 e. The molecular formula is C16H25NO3. The summed E-state index contributed by atoms with van der Waals surface area (Å²) in [6, 6.07) is 5.45. The molecule has 0 bridgehead atoms. The van der Waals surface area contributed by atoms with E-state index in [0.29, 0.717) is 6.42 Å². The van der Waals surface area contributed by atoms with Crippen molar-refractivity contribution in [2.75, 3.05) is 14.2 Å². The molecule has 1 aromatic carbocycles. The third kappa shape index (κ3) is 4.76. The summed E-state index contributed by atoms with van der Waals surface area (Å²) in [5, 5.41) is 3.00. The molecule has 4 nitrogen and oxygen atoms in total. The number of nitrogens with one attached hydrogen (secondary N) is 1. The summed E-state index contributed by atoms with van der Waals surface area (Å²) in [6.45, 7) is 8.08. The Morgan fingerprint density at radius 1 is 1.25 bits per heavy atom. The fourth-order valence-corrected chi connectivity index (χ4v) is 2.03. The first-order valence-electron chi connectivity index (χ1n) is 6.78. The molecular weight excluding hydrogens is 254 g/mol. The molecule has 1 atom stereocenters. The normalized spacial score (nSPS) is 12.7. The maximum atomic E-state index is 12.0. The van der Waals surface area contributed by atoms with Crippen molar-refractivity contribution in [2.45, 2.75) is 40.2 Å². The smallest absolute Gasteiger partial charge is 0.220 e. The highest BCUT2D eigenvalue weighted by Crippen LogP contribution is 2.29. The lowest BCUT2D eigenvalue weighted by atomic mass is 9.91. The number of methoxy groups -OCH3 is 2. The van der Waals surface area contributed by atoms with Crippen LogP contribution < -0.4 is 14.8 Å². The lowest BCUT2D eigenvalue weighted by Crippen LogP contribution is -2.30. The summed E-state index contributed by atoms with van der Waals surface area (Å²) in [7, 11) is 3.24. The topological polar surface area (TPSA) is 47.6 Å². The molecule has 1 N–H and O–H groups in total. The highest BCUT2D eigenvalue weighted by molar-refractivity contribution is 5.77. The Morgan fingerprint density at radius 3 is 2.40 bits per heavy atom. The van der Waals surface area contributed by atoms with E-state index in [9.17, 15) is 4.79 Å². The lowest BCUT2D eigenvalue weighted by Gasteiger charge is -2.21. The molecule has 0 aliphatic carbocycles. The van der Waals surface area contributed by atoms with Gasteiger partial charge in [-0.05, 0) is 30.5 Å². The highest BCUT2D eigenvalue weighted by Gasteiger charge is 2.19. The minimum absolute atomic E-state index is 0.0255. The van der Waals surface area contributed by atoms with Crippen LogP contribution >= 0.6 is 0 Å². The van der Waals surface area contributed by atoms with Gasteiger partial charge >= 0.3 is 0 Å². The second-order valence-corrected chi connectivity index (χ2v) is 6.13. The maximum Gasteiger partial charge on any atom is 0.220 e. The van der Waals surface area contributed by atoms with Crippen LogP contribution in [0.3, 0.4) is 0 Å². The van der Waals surface area contributed by atoms with E-state index in [-0.39, 0.29) is 17.4 Å². The Hall–Kier alpha value is -1.71. The van der Waals surface area contributed by atoms with Crippen molar-refractivity contribution in [1.29, 1.82) is 0 Å². The number of hydrogen-bond acceptors (Lipinski definition) is 3. The zero-order chi connectivity index (χ0) is 15.3. The van der Waals surface area contributed by atoms with Crippen molar-refractivity contribution in [3.63, 3.8) is 0 Å². The molecule has 0 aromatic heterocycles. The number of amides is 1. The minimum atomic E-state index is -0.130. The summed E-state index contributed by atoms with van der Waals surface area (Å²) in [5.41, 5.74) is 0.886. The fourth-order valence-electron chi connectivity index (χ4n) is 2.03. The molecule has 1 unspecified atom stereocenters. The second kappa shape index (κ2) is 6.64. The van der Waals surface area contributed by atoms with E-state index in [0.717, 1.165) is 17.1 Å². The van der Waals surface area contributed by atoms with Crippen LogP contribution in [-0.4, -0.2) is 20.1 Å². The molecule has 0 spiro atoms. The number of hydrogen-bond donors (Lipinski definition) is 1. The van der Waals surface area contributed by atoms with E-state index in [1.54, 1.807) is 14.2 Å². The van der Waals surface area contributed by atoms with Gasteiger partial charge in [-0.15, -0.1) is 0 Å². The van der Waals surface area contributed by atoms with Gasteiger partial charge in [0.25, 0.3) is 0 Å². The number of ether oxygens (including phenoxy) is 2. The van der Waals surface area contributed by atoms with E-state index >= 15 is 0 Å². The number of benzene rings is 1. The van der Waals surface area contributed by atoms with E-state index in [1.165, 1.54) is 0 Å². The number of carbonyl (C=O) groups excluding carboxylic acids is 1. The molecule has 20 heavy (non-hydrogen) atoms. The molecule has 0 fully saturated rings. The number of carbonyl (C=O) groups is 1. The van der Waals surface area contributed by atoms with Crippen LogP contribution in [-0.2, 0) is 4.79 Å². The van der Waals surface area contributed by atoms with Crippen molar-refractivity contribution in [2.24, 2.45) is 5.41 Å². The van der Waals surface area contributed by atoms with Crippen molar-refractivity contribution in [3.05, 3.63) is 23.8 Å². The Balaban J connectivity index is 2.85. The lowest BCUT2D eigenvalue weighted by molar-refractivity contribution is -0.123. The summed E-state index contributed by atoms with van der Waals surface area (Å²) >= 11 is 0. The van der Waals surface area contributed by atoms with Gasteiger partial charge < -0.3 is 14.8 Å². The van der Waals surface area contributed by atoms with Gasteiger partial charge in [-0.1, -0.05) is 20.8 Å². The monoisotopic (exact) mass is 279 g/mol. The molecule has 0 heterocycles. The quantitative estimate of drug-likeness (QED) is 0.899. The van der Waals surface area contributed by atoms with Gasteiger partial charge in [0.1, 0.15) is 11.5 Å². The van der Waals surface area contributed by atoms with Crippen molar-refractivity contribution in [1.82, 2.24) is 5.32 Å². The van der Waals surface area contributed by atoms with E-state index in [1.807, 2.05) is 45.9 Å². The first-order valence-corrected chi connectivity index (χ1v) is 6.78. The van der Waals surface area contributed by atoms with Crippen molar-refractivity contribution >= 4 is 5.91 Å². The zero-order valence-corrected chi connectivity index (χ0v) is 13.2. The summed E-state index contributed by atoms with van der Waals surface area (Å²) in [6.07, 6.45) is 0.490. The molecule has 4 heteroatoms. The van der Waals surface area contributed by atoms with Gasteiger partial charge in [-0.3, -0.25) is 4.79 Å². The third-order valence-electron chi connectivity index (χ3n) is 2.97. The van der Waals surface area contributed by atoms with Gasteiger partial charge in [0.05, 0.1) is 20.3 Å². The maximum absolute atomic E-state index is 12.0. The SMILES string of the molecule is COc1ccc(OC)c(C(C)NC(=O)CC(C)(C)C)c1. The second-order valence-electron chi connectivity index (χ2n) is 6.13. The van der Waals surface area contributed by atoms with Gasteiger partial charge in [0, 0.05) is 12.0 Å². The zero-order valence-electron chi connectivity index (χ0n) is 13.2. The van der Waals surface area contributed by atoms with E-state index in [4.69, 9.17) is 9.47 Å². The molecule has 1 rings (SSSR count). The molecule has 0 aliphatic heterocycles. The summed E-state index contributed by atoms with van der Waals surface area (Å²) < 4.78 is 10.6. The predicted octanol–water partition coefficient (Wildman–Crippen LogP) is 3.32. The Labute approximate surface area is 121 Å². The van der Waals surface area contributed by atoms with E-state index < -0.39 is 0 Å². The first-order chi connectivity index (χ1) is 9.26. The van der Waals surface area contributed by atoms with E-state index in [2.05, 4.69) is 5.32 Å². The number of rotatable bonds is 5. The average Bonchev–Trinajstić information content (AvgIpc) is 2.35. The van der Waals surface area contributed by atoms with Gasteiger partial charge in [0.15, 0.2) is 0 Å². The van der Waals surface area contributed by atoms with Crippen LogP contribution in [0, 0.1) is 5.41 Å². The van der Waals surface area contributed by atoms with Crippen molar-refractivity contribution in [3.8, 4) is 11.5 Å².